The standard InChI is InChI=1S/C16H24N4O2.HI/c1-12-10-20(11-14(12)15(21)22-3)16(17-2)19-8-6-13-5-4-7-18-9-13;/h4-5,7,9,12,14H,6,8,10-11H2,1-3H3,(H,17,19);1H. The number of carbonyl (C=O) groups excluding carboxylic acids is 1. The van der Waals surface area contributed by atoms with Gasteiger partial charge in [0.25, 0.3) is 0 Å². The van der Waals surface area contributed by atoms with Crippen LogP contribution in [0.4, 0.5) is 0 Å². The van der Waals surface area contributed by atoms with Crippen LogP contribution in [0.15, 0.2) is 29.5 Å². The molecule has 1 fully saturated rings. The van der Waals surface area contributed by atoms with Crippen molar-refractivity contribution in [2.24, 2.45) is 16.8 Å². The predicted octanol–water partition coefficient (Wildman–Crippen LogP) is 1.56. The van der Waals surface area contributed by atoms with Crippen molar-refractivity contribution in [1.82, 2.24) is 15.2 Å². The molecule has 7 heteroatoms. The zero-order valence-corrected chi connectivity index (χ0v) is 16.2. The van der Waals surface area contributed by atoms with Crippen molar-refractivity contribution < 1.29 is 9.53 Å². The molecule has 1 saturated heterocycles. The van der Waals surface area contributed by atoms with Crippen LogP contribution in [0.5, 0.6) is 0 Å². The molecule has 1 aliphatic rings. The van der Waals surface area contributed by atoms with Crippen molar-refractivity contribution in [3.8, 4) is 0 Å². The number of carbonyl (C=O) groups is 1. The fourth-order valence-corrected chi connectivity index (χ4v) is 2.79. The van der Waals surface area contributed by atoms with Crippen molar-refractivity contribution >= 4 is 35.9 Å². The number of likely N-dealkylation sites (tertiary alicyclic amines) is 1. The van der Waals surface area contributed by atoms with Gasteiger partial charge in [-0.3, -0.25) is 14.8 Å². The normalized spacial score (nSPS) is 20.8. The first-order valence-corrected chi connectivity index (χ1v) is 7.58. The maximum absolute atomic E-state index is 11.8. The van der Waals surface area contributed by atoms with Crippen molar-refractivity contribution in [2.45, 2.75) is 13.3 Å². The van der Waals surface area contributed by atoms with Crippen LogP contribution < -0.4 is 5.32 Å². The minimum absolute atomic E-state index is 0. The van der Waals surface area contributed by atoms with E-state index in [2.05, 4.69) is 33.2 Å². The number of esters is 1. The van der Waals surface area contributed by atoms with Crippen LogP contribution in [0.1, 0.15) is 12.5 Å². The Kier molecular flexibility index (Phi) is 8.29. The minimum Gasteiger partial charge on any atom is -0.469 e. The highest BCUT2D eigenvalue weighted by Crippen LogP contribution is 2.23. The van der Waals surface area contributed by atoms with E-state index in [4.69, 9.17) is 4.74 Å². The molecule has 0 aromatic carbocycles. The maximum Gasteiger partial charge on any atom is 0.310 e. The van der Waals surface area contributed by atoms with Crippen LogP contribution >= 0.6 is 24.0 Å². The molecule has 2 atom stereocenters. The van der Waals surface area contributed by atoms with Crippen LogP contribution in [-0.4, -0.2) is 55.6 Å². The van der Waals surface area contributed by atoms with Gasteiger partial charge in [0, 0.05) is 39.1 Å². The van der Waals surface area contributed by atoms with Gasteiger partial charge in [-0.15, -0.1) is 24.0 Å². The molecule has 6 nitrogen and oxygen atoms in total. The quantitative estimate of drug-likeness (QED) is 0.339. The summed E-state index contributed by atoms with van der Waals surface area (Å²) in [6.45, 7) is 4.32. The number of guanidine groups is 1. The molecule has 0 radical (unpaired) electrons. The molecule has 0 bridgehead atoms. The van der Waals surface area contributed by atoms with Crippen LogP contribution in [0.2, 0.25) is 0 Å². The number of methoxy groups -OCH3 is 1. The fraction of sp³-hybridized carbons (Fsp3) is 0.562. The molecule has 1 N–H and O–H groups in total. The molecule has 1 aromatic heterocycles. The topological polar surface area (TPSA) is 66.8 Å². The highest BCUT2D eigenvalue weighted by Gasteiger charge is 2.36. The van der Waals surface area contributed by atoms with Gasteiger partial charge in [-0.2, -0.15) is 0 Å². The molecule has 23 heavy (non-hydrogen) atoms. The van der Waals surface area contributed by atoms with Gasteiger partial charge in [-0.25, -0.2) is 0 Å². The lowest BCUT2D eigenvalue weighted by molar-refractivity contribution is -0.145. The van der Waals surface area contributed by atoms with E-state index in [-0.39, 0.29) is 41.8 Å². The summed E-state index contributed by atoms with van der Waals surface area (Å²) in [4.78, 5) is 22.3. The SMILES string of the molecule is CN=C(NCCc1cccnc1)N1CC(C)C(C(=O)OC)C1.I. The molecule has 0 spiro atoms. The Bertz CT molecular complexity index is 524. The zero-order valence-electron chi connectivity index (χ0n) is 13.9. The Morgan fingerprint density at radius 2 is 2.30 bits per heavy atom. The second-order valence-electron chi connectivity index (χ2n) is 5.60. The lowest BCUT2D eigenvalue weighted by Gasteiger charge is -2.21. The molecular formula is C16H25IN4O2. The molecule has 0 amide bonds. The van der Waals surface area contributed by atoms with Gasteiger partial charge < -0.3 is 15.0 Å². The number of nitrogens with one attached hydrogen (secondary N) is 1. The predicted molar refractivity (Wildman–Crippen MR) is 101 cm³/mol. The third-order valence-electron chi connectivity index (χ3n) is 4.05. The summed E-state index contributed by atoms with van der Waals surface area (Å²) >= 11 is 0. The summed E-state index contributed by atoms with van der Waals surface area (Å²) in [5.41, 5.74) is 1.19. The average molecular weight is 432 g/mol. The molecule has 2 rings (SSSR count). The van der Waals surface area contributed by atoms with Crippen LogP contribution in [0.3, 0.4) is 0 Å². The minimum atomic E-state index is -0.138. The Labute approximate surface area is 154 Å². The summed E-state index contributed by atoms with van der Waals surface area (Å²) < 4.78 is 4.87. The van der Waals surface area contributed by atoms with Gasteiger partial charge >= 0.3 is 5.97 Å². The average Bonchev–Trinajstić information content (AvgIpc) is 2.93. The largest absolute Gasteiger partial charge is 0.469 e. The number of nitrogens with zero attached hydrogens (tertiary/aromatic N) is 3. The van der Waals surface area contributed by atoms with Gasteiger partial charge in [0.1, 0.15) is 0 Å². The van der Waals surface area contributed by atoms with Crippen molar-refractivity contribution in [3.63, 3.8) is 0 Å². The first-order valence-electron chi connectivity index (χ1n) is 7.58. The number of aromatic nitrogens is 1. The first-order chi connectivity index (χ1) is 10.7. The lowest BCUT2D eigenvalue weighted by atomic mass is 9.99. The van der Waals surface area contributed by atoms with Gasteiger partial charge in [0.15, 0.2) is 5.96 Å². The van der Waals surface area contributed by atoms with Gasteiger partial charge in [-0.1, -0.05) is 13.0 Å². The highest BCUT2D eigenvalue weighted by atomic mass is 127. The Balaban J connectivity index is 0.00000264. The number of ether oxygens (including phenoxy) is 1. The lowest BCUT2D eigenvalue weighted by Crippen LogP contribution is -2.41. The molecule has 1 aromatic rings. The molecule has 0 saturated carbocycles. The number of hydrogen-bond donors (Lipinski definition) is 1. The van der Waals surface area contributed by atoms with E-state index in [0.29, 0.717) is 6.54 Å². The number of aliphatic imine (C=N–C) groups is 1. The van der Waals surface area contributed by atoms with E-state index in [9.17, 15) is 4.79 Å². The van der Waals surface area contributed by atoms with Crippen LogP contribution in [-0.2, 0) is 16.0 Å². The van der Waals surface area contributed by atoms with Crippen molar-refractivity contribution in [2.75, 3.05) is 33.8 Å². The zero-order chi connectivity index (χ0) is 15.9. The van der Waals surface area contributed by atoms with E-state index in [1.165, 1.54) is 12.7 Å². The van der Waals surface area contributed by atoms with E-state index in [1.807, 2.05) is 12.3 Å². The van der Waals surface area contributed by atoms with Gasteiger partial charge in [0.05, 0.1) is 13.0 Å². The third-order valence-corrected chi connectivity index (χ3v) is 4.05. The smallest absolute Gasteiger partial charge is 0.310 e. The summed E-state index contributed by atoms with van der Waals surface area (Å²) in [6, 6.07) is 4.00. The molecule has 2 unspecified atom stereocenters. The monoisotopic (exact) mass is 432 g/mol. The molecule has 2 heterocycles. The number of halogens is 1. The van der Waals surface area contributed by atoms with E-state index < -0.39 is 0 Å². The Morgan fingerprint density at radius 3 is 2.91 bits per heavy atom. The van der Waals surface area contributed by atoms with Crippen molar-refractivity contribution in [3.05, 3.63) is 30.1 Å². The van der Waals surface area contributed by atoms with E-state index in [1.54, 1.807) is 13.2 Å². The summed E-state index contributed by atoms with van der Waals surface area (Å²) in [6.07, 6.45) is 4.53. The molecular weight excluding hydrogens is 407 g/mol. The maximum atomic E-state index is 11.8. The summed E-state index contributed by atoms with van der Waals surface area (Å²) in [5, 5.41) is 3.35. The second kappa shape index (κ2) is 9.69. The third kappa shape index (κ3) is 5.33. The van der Waals surface area contributed by atoms with E-state index >= 15 is 0 Å². The Hall–Kier alpha value is -1.38. The Morgan fingerprint density at radius 1 is 1.52 bits per heavy atom. The van der Waals surface area contributed by atoms with Crippen LogP contribution in [0.25, 0.3) is 0 Å². The molecule has 0 aliphatic carbocycles. The molecule has 128 valence electrons. The second-order valence-corrected chi connectivity index (χ2v) is 5.60. The highest BCUT2D eigenvalue weighted by molar-refractivity contribution is 14.0. The van der Waals surface area contributed by atoms with E-state index in [0.717, 1.165) is 25.5 Å². The first kappa shape index (κ1) is 19.7. The van der Waals surface area contributed by atoms with Crippen LogP contribution in [0, 0.1) is 11.8 Å². The fourth-order valence-electron chi connectivity index (χ4n) is 2.79. The number of hydrogen-bond acceptors (Lipinski definition) is 4. The summed E-state index contributed by atoms with van der Waals surface area (Å²) in [7, 11) is 3.21. The van der Waals surface area contributed by atoms with Gasteiger partial charge in [0.2, 0.25) is 0 Å². The van der Waals surface area contributed by atoms with Gasteiger partial charge in [-0.05, 0) is 24.0 Å². The number of rotatable bonds is 4. The number of pyridine rings is 1. The molecule has 1 aliphatic heterocycles. The van der Waals surface area contributed by atoms with Crippen molar-refractivity contribution in [1.29, 1.82) is 0 Å². The summed E-state index contributed by atoms with van der Waals surface area (Å²) in [5.74, 6) is 0.883.